The number of pyridine rings is 1. The molecule has 0 fully saturated rings. The van der Waals surface area contributed by atoms with Gasteiger partial charge >= 0.3 is 0 Å². The molecule has 1 aromatic heterocycles. The molecular formula is C12H13NO3. The fourth-order valence-corrected chi connectivity index (χ4v) is 1.18. The van der Waals surface area contributed by atoms with Gasteiger partial charge in [0.05, 0.1) is 12.6 Å². The van der Waals surface area contributed by atoms with Crippen molar-refractivity contribution in [2.45, 2.75) is 6.92 Å². The minimum absolute atomic E-state index is 0.833. The van der Waals surface area contributed by atoms with Crippen LogP contribution in [0.15, 0.2) is 36.5 Å². The van der Waals surface area contributed by atoms with E-state index in [9.17, 15) is 0 Å². The first-order chi connectivity index (χ1) is 7.63. The zero-order valence-electron chi connectivity index (χ0n) is 9.18. The van der Waals surface area contributed by atoms with Crippen molar-refractivity contribution in [1.82, 2.24) is 4.98 Å². The van der Waals surface area contributed by atoms with Crippen LogP contribution in [0, 0.1) is 0 Å². The van der Waals surface area contributed by atoms with Crippen LogP contribution in [0.1, 0.15) is 6.92 Å². The molecule has 1 heterocycles. The quantitative estimate of drug-likeness (QED) is 0.799. The summed E-state index contributed by atoms with van der Waals surface area (Å²) in [7, 11) is 1.66. The van der Waals surface area contributed by atoms with Gasteiger partial charge in [-0.2, -0.15) is 0 Å². The molecule has 2 aromatic rings. The van der Waals surface area contributed by atoms with Gasteiger partial charge in [0.15, 0.2) is 0 Å². The molecule has 2 rings (SSSR count). The van der Waals surface area contributed by atoms with E-state index < -0.39 is 5.97 Å². The summed E-state index contributed by atoms with van der Waals surface area (Å²) in [5, 5.41) is 8.52. The number of hydrogen-bond donors (Lipinski definition) is 1. The average molecular weight is 219 g/mol. The summed E-state index contributed by atoms with van der Waals surface area (Å²) in [5.74, 6) is 0.0375. The highest BCUT2D eigenvalue weighted by Gasteiger charge is 1.94. The van der Waals surface area contributed by atoms with Crippen molar-refractivity contribution in [2.75, 3.05) is 7.11 Å². The molecule has 0 aliphatic rings. The Morgan fingerprint density at radius 1 is 1.38 bits per heavy atom. The van der Waals surface area contributed by atoms with Crippen molar-refractivity contribution in [2.24, 2.45) is 0 Å². The zero-order valence-corrected chi connectivity index (χ0v) is 9.18. The topological polar surface area (TPSA) is 59.4 Å². The van der Waals surface area contributed by atoms with Gasteiger partial charge in [-0.3, -0.25) is 9.78 Å². The Balaban J connectivity index is 0.000000280. The van der Waals surface area contributed by atoms with E-state index in [1.807, 2.05) is 30.3 Å². The monoisotopic (exact) mass is 219 g/mol. The lowest BCUT2D eigenvalue weighted by molar-refractivity contribution is -0.134. The summed E-state index contributed by atoms with van der Waals surface area (Å²) in [6.07, 6.45) is 1.79. The van der Waals surface area contributed by atoms with Gasteiger partial charge in [0, 0.05) is 18.5 Å². The first-order valence-corrected chi connectivity index (χ1v) is 4.72. The second kappa shape index (κ2) is 5.70. The fraction of sp³-hybridized carbons (Fsp3) is 0.167. The van der Waals surface area contributed by atoms with Crippen LogP contribution in [0.2, 0.25) is 0 Å². The van der Waals surface area contributed by atoms with Gasteiger partial charge in [-0.05, 0) is 24.3 Å². The van der Waals surface area contributed by atoms with Crippen LogP contribution in [-0.4, -0.2) is 23.2 Å². The van der Waals surface area contributed by atoms with E-state index in [2.05, 4.69) is 4.98 Å². The number of aromatic nitrogens is 1. The maximum absolute atomic E-state index is 9.00. The average Bonchev–Trinajstić information content (AvgIpc) is 2.27. The number of ether oxygens (including phenoxy) is 1. The molecule has 0 bridgehead atoms. The highest BCUT2D eigenvalue weighted by Crippen LogP contribution is 2.17. The lowest BCUT2D eigenvalue weighted by atomic mass is 10.2. The second-order valence-corrected chi connectivity index (χ2v) is 3.08. The third-order valence-electron chi connectivity index (χ3n) is 1.81. The molecule has 16 heavy (non-hydrogen) atoms. The van der Waals surface area contributed by atoms with Crippen molar-refractivity contribution >= 4 is 16.9 Å². The predicted molar refractivity (Wildman–Crippen MR) is 61.6 cm³/mol. The van der Waals surface area contributed by atoms with Crippen molar-refractivity contribution in [3.63, 3.8) is 0 Å². The molecule has 0 aliphatic carbocycles. The predicted octanol–water partition coefficient (Wildman–Crippen LogP) is 2.33. The molecular weight excluding hydrogens is 206 g/mol. The highest BCUT2D eigenvalue weighted by molar-refractivity contribution is 5.79. The number of hydrogen-bond acceptors (Lipinski definition) is 3. The van der Waals surface area contributed by atoms with Crippen LogP contribution in [0.4, 0.5) is 0 Å². The van der Waals surface area contributed by atoms with Crippen LogP contribution in [-0.2, 0) is 4.79 Å². The standard InChI is InChI=1S/C10H9NO.C2H4O2/c1-12-9-4-5-10-8(7-9)3-2-6-11-10;1-2(3)4/h2-7H,1H3;1H3,(H,3,4). The molecule has 0 unspecified atom stereocenters. The third kappa shape index (κ3) is 3.57. The molecule has 0 atom stereocenters. The number of methoxy groups -OCH3 is 1. The summed E-state index contributed by atoms with van der Waals surface area (Å²) in [6.45, 7) is 1.08. The van der Waals surface area contributed by atoms with E-state index in [4.69, 9.17) is 14.6 Å². The van der Waals surface area contributed by atoms with Gasteiger partial charge in [-0.1, -0.05) is 6.07 Å². The molecule has 0 saturated carbocycles. The molecule has 4 heteroatoms. The van der Waals surface area contributed by atoms with Crippen LogP contribution in [0.5, 0.6) is 5.75 Å². The SMILES string of the molecule is CC(=O)O.COc1ccc2ncccc2c1. The third-order valence-corrected chi connectivity index (χ3v) is 1.81. The van der Waals surface area contributed by atoms with E-state index >= 15 is 0 Å². The van der Waals surface area contributed by atoms with Gasteiger partial charge in [-0.25, -0.2) is 0 Å². The number of fused-ring (bicyclic) bond motifs is 1. The number of carbonyl (C=O) groups is 1. The summed E-state index contributed by atoms with van der Waals surface area (Å²) in [6, 6.07) is 9.78. The van der Waals surface area contributed by atoms with Gasteiger partial charge < -0.3 is 9.84 Å². The van der Waals surface area contributed by atoms with Crippen molar-refractivity contribution < 1.29 is 14.6 Å². The Kier molecular flexibility index (Phi) is 4.27. The Morgan fingerprint density at radius 3 is 2.69 bits per heavy atom. The Labute approximate surface area is 93.5 Å². The second-order valence-electron chi connectivity index (χ2n) is 3.08. The summed E-state index contributed by atoms with van der Waals surface area (Å²) in [5.41, 5.74) is 0.998. The maximum Gasteiger partial charge on any atom is 0.300 e. The first-order valence-electron chi connectivity index (χ1n) is 4.72. The molecule has 0 aliphatic heterocycles. The summed E-state index contributed by atoms with van der Waals surface area (Å²) in [4.78, 5) is 13.2. The molecule has 84 valence electrons. The van der Waals surface area contributed by atoms with Gasteiger partial charge in [0.25, 0.3) is 5.97 Å². The number of nitrogens with zero attached hydrogens (tertiary/aromatic N) is 1. The molecule has 1 aromatic carbocycles. The van der Waals surface area contributed by atoms with Crippen LogP contribution in [0.25, 0.3) is 10.9 Å². The maximum atomic E-state index is 9.00. The van der Waals surface area contributed by atoms with E-state index in [-0.39, 0.29) is 0 Å². The number of carboxylic acid groups (broad SMARTS) is 1. The fourth-order valence-electron chi connectivity index (χ4n) is 1.18. The molecule has 0 saturated heterocycles. The number of carboxylic acids is 1. The van der Waals surface area contributed by atoms with E-state index in [0.29, 0.717) is 0 Å². The lowest BCUT2D eigenvalue weighted by Gasteiger charge is -2.00. The van der Waals surface area contributed by atoms with Gasteiger partial charge in [0.1, 0.15) is 5.75 Å². The highest BCUT2D eigenvalue weighted by atomic mass is 16.5. The van der Waals surface area contributed by atoms with Crippen LogP contribution < -0.4 is 4.74 Å². The van der Waals surface area contributed by atoms with E-state index in [1.54, 1.807) is 13.3 Å². The Bertz CT molecular complexity index is 478. The molecule has 0 amide bonds. The first kappa shape index (κ1) is 12.0. The zero-order chi connectivity index (χ0) is 12.0. The summed E-state index contributed by atoms with van der Waals surface area (Å²) < 4.78 is 5.09. The number of aliphatic carboxylic acids is 1. The molecule has 4 nitrogen and oxygen atoms in total. The molecule has 1 N–H and O–H groups in total. The van der Waals surface area contributed by atoms with E-state index in [1.165, 1.54) is 0 Å². The van der Waals surface area contributed by atoms with E-state index in [0.717, 1.165) is 23.6 Å². The summed E-state index contributed by atoms with van der Waals surface area (Å²) >= 11 is 0. The van der Waals surface area contributed by atoms with Crippen molar-refractivity contribution in [3.8, 4) is 5.75 Å². The van der Waals surface area contributed by atoms with Crippen molar-refractivity contribution in [1.29, 1.82) is 0 Å². The van der Waals surface area contributed by atoms with Crippen molar-refractivity contribution in [3.05, 3.63) is 36.5 Å². The number of rotatable bonds is 1. The largest absolute Gasteiger partial charge is 0.497 e. The van der Waals surface area contributed by atoms with Gasteiger partial charge in [0.2, 0.25) is 0 Å². The molecule has 0 spiro atoms. The smallest absolute Gasteiger partial charge is 0.300 e. The van der Waals surface area contributed by atoms with Crippen LogP contribution >= 0.6 is 0 Å². The Morgan fingerprint density at radius 2 is 2.06 bits per heavy atom. The minimum Gasteiger partial charge on any atom is -0.497 e. The normalized spacial score (nSPS) is 9.12. The van der Waals surface area contributed by atoms with Gasteiger partial charge in [-0.15, -0.1) is 0 Å². The molecule has 0 radical (unpaired) electrons. The lowest BCUT2D eigenvalue weighted by Crippen LogP contribution is -1.82. The minimum atomic E-state index is -0.833. The Hall–Kier alpha value is -2.10. The van der Waals surface area contributed by atoms with Crippen LogP contribution in [0.3, 0.4) is 0 Å². The number of benzene rings is 1.